The van der Waals surface area contributed by atoms with E-state index in [0.29, 0.717) is 0 Å². The summed E-state index contributed by atoms with van der Waals surface area (Å²) in [5.74, 6) is 0. The molecule has 2 heteroatoms. The Morgan fingerprint density at radius 2 is 2.00 bits per heavy atom. The molecule has 0 rings (SSSR count). The maximum Gasteiger partial charge on any atom is 0.0441 e. The van der Waals surface area contributed by atoms with E-state index >= 15 is 0 Å². The SMILES string of the molecule is C=C/C=C(/CCN=CC(C)(C)C)N=C. The second-order valence-corrected chi connectivity index (χ2v) is 4.20. The second kappa shape index (κ2) is 6.30. The summed E-state index contributed by atoms with van der Waals surface area (Å²) >= 11 is 0. The summed E-state index contributed by atoms with van der Waals surface area (Å²) in [6.07, 6.45) is 6.38. The van der Waals surface area contributed by atoms with E-state index in [0.717, 1.165) is 18.7 Å². The van der Waals surface area contributed by atoms with Crippen LogP contribution >= 0.6 is 0 Å². The zero-order chi connectivity index (χ0) is 11.0. The standard InChI is InChI=1S/C12H20N2/c1-6-7-11(13-5)8-9-14-10-12(2,3)4/h6-7,10H,1,5,8-9H2,2-4H3/b11-7-,14-10?. The first kappa shape index (κ1) is 12.8. The minimum atomic E-state index is 0.157. The Labute approximate surface area is 87.2 Å². The molecule has 0 radical (unpaired) electrons. The molecule has 0 unspecified atom stereocenters. The van der Waals surface area contributed by atoms with E-state index in [1.165, 1.54) is 0 Å². The minimum absolute atomic E-state index is 0.157. The third-order valence-corrected chi connectivity index (χ3v) is 1.49. The molecule has 0 fully saturated rings. The van der Waals surface area contributed by atoms with Crippen LogP contribution in [-0.2, 0) is 0 Å². The van der Waals surface area contributed by atoms with Crippen molar-refractivity contribution in [2.45, 2.75) is 27.2 Å². The van der Waals surface area contributed by atoms with Gasteiger partial charge >= 0.3 is 0 Å². The van der Waals surface area contributed by atoms with Crippen molar-refractivity contribution in [2.24, 2.45) is 15.4 Å². The van der Waals surface area contributed by atoms with Crippen molar-refractivity contribution in [3.05, 3.63) is 24.4 Å². The molecule has 0 atom stereocenters. The Morgan fingerprint density at radius 3 is 2.43 bits per heavy atom. The first-order valence-corrected chi connectivity index (χ1v) is 4.79. The van der Waals surface area contributed by atoms with Crippen molar-refractivity contribution in [3.63, 3.8) is 0 Å². The molecular weight excluding hydrogens is 172 g/mol. The fourth-order valence-corrected chi connectivity index (χ4v) is 0.869. The molecule has 2 nitrogen and oxygen atoms in total. The quantitative estimate of drug-likeness (QED) is 0.472. The van der Waals surface area contributed by atoms with Crippen molar-refractivity contribution < 1.29 is 0 Å². The fourth-order valence-electron chi connectivity index (χ4n) is 0.869. The number of hydrogen-bond donors (Lipinski definition) is 0. The van der Waals surface area contributed by atoms with Crippen LogP contribution in [0.5, 0.6) is 0 Å². The van der Waals surface area contributed by atoms with E-state index in [4.69, 9.17) is 0 Å². The molecule has 0 aromatic rings. The lowest BCUT2D eigenvalue weighted by Gasteiger charge is -2.09. The summed E-state index contributed by atoms with van der Waals surface area (Å²) in [6.45, 7) is 14.2. The van der Waals surface area contributed by atoms with Gasteiger partial charge in [-0.25, -0.2) is 0 Å². The molecular formula is C12H20N2. The molecule has 0 spiro atoms. The Bertz CT molecular complexity index is 242. The summed E-state index contributed by atoms with van der Waals surface area (Å²) in [6, 6.07) is 0. The molecule has 0 aliphatic carbocycles. The van der Waals surface area contributed by atoms with E-state index in [1.807, 2.05) is 12.3 Å². The third-order valence-electron chi connectivity index (χ3n) is 1.49. The molecule has 0 heterocycles. The van der Waals surface area contributed by atoms with Gasteiger partial charge in [0.05, 0.1) is 0 Å². The van der Waals surface area contributed by atoms with E-state index in [1.54, 1.807) is 6.08 Å². The lowest BCUT2D eigenvalue weighted by Crippen LogP contribution is -2.06. The molecule has 0 saturated heterocycles. The average Bonchev–Trinajstić information content (AvgIpc) is 2.08. The van der Waals surface area contributed by atoms with Crippen LogP contribution in [-0.4, -0.2) is 19.5 Å². The minimum Gasteiger partial charge on any atom is -0.297 e. The van der Waals surface area contributed by atoms with Gasteiger partial charge in [0.25, 0.3) is 0 Å². The van der Waals surface area contributed by atoms with Crippen LogP contribution in [0.25, 0.3) is 0 Å². The molecule has 0 amide bonds. The number of rotatable bonds is 5. The Hall–Kier alpha value is -1.18. The van der Waals surface area contributed by atoms with Crippen molar-refractivity contribution in [1.29, 1.82) is 0 Å². The van der Waals surface area contributed by atoms with Crippen LogP contribution in [0, 0.1) is 5.41 Å². The van der Waals surface area contributed by atoms with E-state index in [2.05, 4.69) is 44.1 Å². The number of hydrogen-bond acceptors (Lipinski definition) is 2. The molecule has 0 N–H and O–H groups in total. The third kappa shape index (κ3) is 7.47. The van der Waals surface area contributed by atoms with Gasteiger partial charge in [0.1, 0.15) is 0 Å². The molecule has 0 aromatic heterocycles. The van der Waals surface area contributed by atoms with Gasteiger partial charge in [-0.05, 0) is 18.2 Å². The van der Waals surface area contributed by atoms with E-state index < -0.39 is 0 Å². The summed E-state index contributed by atoms with van der Waals surface area (Å²) < 4.78 is 0. The molecule has 0 aromatic carbocycles. The maximum atomic E-state index is 4.32. The monoisotopic (exact) mass is 192 g/mol. The van der Waals surface area contributed by atoms with Gasteiger partial charge in [0.2, 0.25) is 0 Å². The first-order chi connectivity index (χ1) is 6.49. The zero-order valence-corrected chi connectivity index (χ0v) is 9.45. The Balaban J connectivity index is 3.95. The van der Waals surface area contributed by atoms with Gasteiger partial charge in [0.15, 0.2) is 0 Å². The molecule has 0 saturated carbocycles. The largest absolute Gasteiger partial charge is 0.297 e. The highest BCUT2D eigenvalue weighted by Crippen LogP contribution is 2.09. The zero-order valence-electron chi connectivity index (χ0n) is 9.45. The summed E-state index contributed by atoms with van der Waals surface area (Å²) in [5.41, 5.74) is 1.09. The van der Waals surface area contributed by atoms with Gasteiger partial charge in [-0.3, -0.25) is 9.98 Å². The molecule has 0 bridgehead atoms. The molecule has 0 aliphatic rings. The number of nitrogens with zero attached hydrogens (tertiary/aromatic N) is 2. The predicted octanol–water partition coefficient (Wildman–Crippen LogP) is 3.26. The highest BCUT2D eigenvalue weighted by atomic mass is 14.8. The summed E-state index contributed by atoms with van der Waals surface area (Å²) in [4.78, 5) is 8.20. The molecule has 14 heavy (non-hydrogen) atoms. The van der Waals surface area contributed by atoms with E-state index in [9.17, 15) is 0 Å². The average molecular weight is 192 g/mol. The van der Waals surface area contributed by atoms with Crippen LogP contribution in [0.15, 0.2) is 34.4 Å². The van der Waals surface area contributed by atoms with Crippen LogP contribution in [0.3, 0.4) is 0 Å². The Morgan fingerprint density at radius 1 is 1.36 bits per heavy atom. The predicted molar refractivity (Wildman–Crippen MR) is 65.3 cm³/mol. The number of aliphatic imine (C=N–C) groups is 2. The van der Waals surface area contributed by atoms with Gasteiger partial charge in [-0.2, -0.15) is 0 Å². The van der Waals surface area contributed by atoms with Gasteiger partial charge < -0.3 is 0 Å². The second-order valence-electron chi connectivity index (χ2n) is 4.20. The molecule has 0 aliphatic heterocycles. The van der Waals surface area contributed by atoms with Gasteiger partial charge in [-0.15, -0.1) is 0 Å². The maximum absolute atomic E-state index is 4.32. The lowest BCUT2D eigenvalue weighted by molar-refractivity contribution is 0.604. The smallest absolute Gasteiger partial charge is 0.0441 e. The highest BCUT2D eigenvalue weighted by molar-refractivity contribution is 5.63. The normalized spacial score (nSPS) is 13.2. The highest BCUT2D eigenvalue weighted by Gasteiger charge is 2.04. The molecule has 78 valence electrons. The van der Waals surface area contributed by atoms with Crippen molar-refractivity contribution in [1.82, 2.24) is 0 Å². The van der Waals surface area contributed by atoms with Crippen LogP contribution < -0.4 is 0 Å². The number of allylic oxidation sites excluding steroid dienone is 2. The Kier molecular flexibility index (Phi) is 5.77. The summed E-state index contributed by atoms with van der Waals surface area (Å²) in [7, 11) is 0. The van der Waals surface area contributed by atoms with Crippen molar-refractivity contribution >= 4 is 12.9 Å². The van der Waals surface area contributed by atoms with E-state index in [-0.39, 0.29) is 5.41 Å². The van der Waals surface area contributed by atoms with Gasteiger partial charge in [0, 0.05) is 24.9 Å². The topological polar surface area (TPSA) is 24.7 Å². The van der Waals surface area contributed by atoms with Crippen molar-refractivity contribution in [3.8, 4) is 0 Å². The lowest BCUT2D eigenvalue weighted by atomic mass is 9.99. The first-order valence-electron chi connectivity index (χ1n) is 4.79. The fraction of sp³-hybridized carbons (Fsp3) is 0.500. The van der Waals surface area contributed by atoms with Crippen molar-refractivity contribution in [2.75, 3.05) is 6.54 Å². The van der Waals surface area contributed by atoms with Crippen LogP contribution in [0.1, 0.15) is 27.2 Å². The summed E-state index contributed by atoms with van der Waals surface area (Å²) in [5, 5.41) is 0. The van der Waals surface area contributed by atoms with Crippen LogP contribution in [0.2, 0.25) is 0 Å². The van der Waals surface area contributed by atoms with Gasteiger partial charge in [-0.1, -0.05) is 33.4 Å². The van der Waals surface area contributed by atoms with Crippen LogP contribution in [0.4, 0.5) is 0 Å².